The largest absolute Gasteiger partial charge is 0.478 e. The number of aromatic carboxylic acids is 1. The van der Waals surface area contributed by atoms with E-state index in [1.807, 2.05) is 0 Å². The Labute approximate surface area is 126 Å². The maximum Gasteiger partial charge on any atom is 0.335 e. The number of anilines is 1. The van der Waals surface area contributed by atoms with Gasteiger partial charge in [0.05, 0.1) is 11.5 Å². The summed E-state index contributed by atoms with van der Waals surface area (Å²) in [6, 6.07) is 4.64. The highest BCUT2D eigenvalue weighted by atomic mass is 19.3. The second-order valence-corrected chi connectivity index (χ2v) is 6.07. The molecule has 0 spiro atoms. The number of carboxylic acids is 1. The average molecular weight is 309 g/mol. The summed E-state index contributed by atoms with van der Waals surface area (Å²) in [6.07, 6.45) is -0.00151. The zero-order valence-corrected chi connectivity index (χ0v) is 11.9. The highest BCUT2D eigenvalue weighted by molar-refractivity contribution is 5.94. The van der Waals surface area contributed by atoms with E-state index in [1.54, 1.807) is 6.07 Å². The quantitative estimate of drug-likeness (QED) is 0.899. The van der Waals surface area contributed by atoms with Gasteiger partial charge in [0.1, 0.15) is 5.78 Å². The van der Waals surface area contributed by atoms with Gasteiger partial charge in [-0.15, -0.1) is 0 Å². The van der Waals surface area contributed by atoms with E-state index in [1.165, 1.54) is 12.1 Å². The molecule has 0 amide bonds. The molecule has 1 aliphatic carbocycles. The molecule has 1 aromatic carbocycles. The zero-order valence-electron chi connectivity index (χ0n) is 11.9. The highest BCUT2D eigenvalue weighted by Gasteiger charge is 2.40. The minimum atomic E-state index is -2.64. The normalized spacial score (nSPS) is 23.6. The van der Waals surface area contributed by atoms with Crippen molar-refractivity contribution in [2.45, 2.75) is 37.5 Å². The van der Waals surface area contributed by atoms with E-state index in [0.29, 0.717) is 12.2 Å². The van der Waals surface area contributed by atoms with Gasteiger partial charge < -0.3 is 10.4 Å². The predicted molar refractivity (Wildman–Crippen MR) is 76.5 cm³/mol. The number of benzene rings is 1. The first-order valence-corrected chi connectivity index (χ1v) is 7.40. The Bertz CT molecular complexity index is 620. The summed E-state index contributed by atoms with van der Waals surface area (Å²) in [5.41, 5.74) is 1.59. The fraction of sp³-hybridized carbons (Fsp3) is 0.500. The van der Waals surface area contributed by atoms with Gasteiger partial charge in [-0.3, -0.25) is 4.79 Å². The smallest absolute Gasteiger partial charge is 0.335 e. The molecule has 1 atom stereocenters. The number of ketones is 1. The van der Waals surface area contributed by atoms with E-state index in [2.05, 4.69) is 5.32 Å². The minimum absolute atomic E-state index is 0.00942. The van der Waals surface area contributed by atoms with Crippen LogP contribution in [0.25, 0.3) is 0 Å². The summed E-state index contributed by atoms with van der Waals surface area (Å²) in [4.78, 5) is 23.6. The maximum absolute atomic E-state index is 13.2. The average Bonchev–Trinajstić information content (AvgIpc) is 2.89. The zero-order chi connectivity index (χ0) is 15.9. The second kappa shape index (κ2) is 5.34. The number of halogens is 2. The van der Waals surface area contributed by atoms with Gasteiger partial charge >= 0.3 is 5.97 Å². The number of hydrogen-bond acceptors (Lipinski definition) is 3. The molecule has 1 aliphatic heterocycles. The molecule has 0 saturated heterocycles. The molecule has 1 saturated carbocycles. The molecule has 2 N–H and O–H groups in total. The van der Waals surface area contributed by atoms with Crippen LogP contribution in [0.1, 0.15) is 47.5 Å². The van der Waals surface area contributed by atoms with E-state index in [9.17, 15) is 18.4 Å². The summed E-state index contributed by atoms with van der Waals surface area (Å²) < 4.78 is 26.4. The van der Waals surface area contributed by atoms with Crippen LogP contribution in [0.15, 0.2) is 18.2 Å². The molecule has 4 nitrogen and oxygen atoms in total. The fourth-order valence-electron chi connectivity index (χ4n) is 3.33. The number of hydrogen-bond donors (Lipinski definition) is 2. The molecule has 0 bridgehead atoms. The molecule has 0 aromatic heterocycles. The number of Topliss-reactive ketones (excluding diaryl/α,β-unsaturated/α-hetero) is 1. The lowest BCUT2D eigenvalue weighted by Crippen LogP contribution is -2.31. The molecule has 2 aliphatic rings. The maximum atomic E-state index is 13.2. The lowest BCUT2D eigenvalue weighted by molar-refractivity contribution is -0.128. The molecular formula is C16H17F2NO3. The van der Waals surface area contributed by atoms with Crippen LogP contribution in [0.5, 0.6) is 0 Å². The first kappa shape index (κ1) is 14.9. The van der Waals surface area contributed by atoms with Crippen molar-refractivity contribution in [2.75, 3.05) is 11.9 Å². The van der Waals surface area contributed by atoms with E-state index in [-0.39, 0.29) is 48.9 Å². The lowest BCUT2D eigenvalue weighted by Gasteiger charge is -2.28. The monoisotopic (exact) mass is 309 g/mol. The Balaban J connectivity index is 1.76. The van der Waals surface area contributed by atoms with Crippen LogP contribution < -0.4 is 5.32 Å². The van der Waals surface area contributed by atoms with Crippen molar-refractivity contribution in [3.63, 3.8) is 0 Å². The van der Waals surface area contributed by atoms with Crippen molar-refractivity contribution >= 4 is 17.4 Å². The van der Waals surface area contributed by atoms with Crippen LogP contribution in [0.3, 0.4) is 0 Å². The van der Waals surface area contributed by atoms with Crippen LogP contribution >= 0.6 is 0 Å². The van der Waals surface area contributed by atoms with Crippen molar-refractivity contribution in [1.29, 1.82) is 0 Å². The van der Waals surface area contributed by atoms with Crippen molar-refractivity contribution in [3.8, 4) is 0 Å². The summed E-state index contributed by atoms with van der Waals surface area (Å²) >= 11 is 0. The number of carboxylic acid groups (broad SMARTS) is 1. The van der Waals surface area contributed by atoms with Crippen molar-refractivity contribution in [2.24, 2.45) is 5.92 Å². The number of nitrogens with one attached hydrogen (secondary N) is 1. The number of alkyl halides is 2. The van der Waals surface area contributed by atoms with Gasteiger partial charge in [0, 0.05) is 31.0 Å². The van der Waals surface area contributed by atoms with Gasteiger partial charge in [0.15, 0.2) is 0 Å². The van der Waals surface area contributed by atoms with Crippen LogP contribution in [0, 0.1) is 5.92 Å². The molecule has 3 rings (SSSR count). The van der Waals surface area contributed by atoms with E-state index in [4.69, 9.17) is 5.11 Å². The molecule has 1 heterocycles. The molecule has 118 valence electrons. The Morgan fingerprint density at radius 1 is 1.23 bits per heavy atom. The lowest BCUT2D eigenvalue weighted by atomic mass is 9.79. The molecule has 1 aromatic rings. The third kappa shape index (κ3) is 2.69. The van der Waals surface area contributed by atoms with Gasteiger partial charge in [-0.1, -0.05) is 6.07 Å². The number of carbonyl (C=O) groups excluding carboxylic acids is 1. The Morgan fingerprint density at radius 2 is 1.91 bits per heavy atom. The van der Waals surface area contributed by atoms with Gasteiger partial charge in [-0.2, -0.15) is 0 Å². The third-order valence-corrected chi connectivity index (χ3v) is 4.64. The van der Waals surface area contributed by atoms with E-state index < -0.39 is 11.9 Å². The molecule has 6 heteroatoms. The van der Waals surface area contributed by atoms with Gasteiger partial charge in [0.25, 0.3) is 0 Å². The minimum Gasteiger partial charge on any atom is -0.478 e. The Kier molecular flexibility index (Phi) is 3.62. The predicted octanol–water partition coefficient (Wildman–Crippen LogP) is 3.29. The third-order valence-electron chi connectivity index (χ3n) is 4.64. The second-order valence-electron chi connectivity index (χ2n) is 6.07. The first-order chi connectivity index (χ1) is 10.4. The number of carbonyl (C=O) groups is 2. The number of fused-ring (bicyclic) bond motifs is 1. The molecule has 1 unspecified atom stereocenters. The summed E-state index contributed by atoms with van der Waals surface area (Å²) in [7, 11) is 0. The first-order valence-electron chi connectivity index (χ1n) is 7.40. The number of rotatable bonds is 3. The molecule has 22 heavy (non-hydrogen) atoms. The van der Waals surface area contributed by atoms with Crippen LogP contribution in [-0.4, -0.2) is 29.3 Å². The van der Waals surface area contributed by atoms with Gasteiger partial charge in [-0.25, -0.2) is 13.6 Å². The van der Waals surface area contributed by atoms with Crippen molar-refractivity contribution in [3.05, 3.63) is 29.3 Å². The van der Waals surface area contributed by atoms with Gasteiger partial charge in [0.2, 0.25) is 5.92 Å². The van der Waals surface area contributed by atoms with Crippen LogP contribution in [0.4, 0.5) is 14.5 Å². The van der Waals surface area contributed by atoms with Crippen molar-refractivity contribution < 1.29 is 23.5 Å². The van der Waals surface area contributed by atoms with Crippen molar-refractivity contribution in [1.82, 2.24) is 0 Å². The summed E-state index contributed by atoms with van der Waals surface area (Å²) in [6.45, 7) is 0.407. The topological polar surface area (TPSA) is 66.4 Å². The van der Waals surface area contributed by atoms with Crippen LogP contribution in [-0.2, 0) is 4.79 Å². The standard InChI is InChI=1S/C16H17F2NO3/c17-16(18)5-3-9(4-6-16)14(20)12-8-19-13-7-10(15(21)22)1-2-11(12)13/h1-2,7,9,12,19H,3-6,8H2,(H,21,22). The Morgan fingerprint density at radius 3 is 2.55 bits per heavy atom. The SMILES string of the molecule is O=C(O)c1ccc2c(c1)NCC2C(=O)C1CCC(F)(F)CC1. The van der Waals surface area contributed by atoms with Crippen LogP contribution in [0.2, 0.25) is 0 Å². The highest BCUT2D eigenvalue weighted by Crippen LogP contribution is 2.41. The molecule has 1 fully saturated rings. The van der Waals surface area contributed by atoms with E-state index in [0.717, 1.165) is 5.56 Å². The summed E-state index contributed by atoms with van der Waals surface area (Å²) in [5.74, 6) is -4.36. The fourth-order valence-corrected chi connectivity index (χ4v) is 3.33. The Hall–Kier alpha value is -1.98. The van der Waals surface area contributed by atoms with Gasteiger partial charge in [-0.05, 0) is 30.5 Å². The summed E-state index contributed by atoms with van der Waals surface area (Å²) in [5, 5.41) is 12.0. The molecule has 0 radical (unpaired) electrons. The molecular weight excluding hydrogens is 292 g/mol. The van der Waals surface area contributed by atoms with E-state index >= 15 is 0 Å².